The maximum Gasteiger partial charge on any atom is 0.327 e. The summed E-state index contributed by atoms with van der Waals surface area (Å²) in [4.78, 5) is 18.0. The summed E-state index contributed by atoms with van der Waals surface area (Å²) >= 11 is 0. The number of aliphatic carboxylic acids is 1. The Labute approximate surface area is 185 Å². The minimum Gasteiger partial charge on any atom is -0.859 e. The van der Waals surface area contributed by atoms with Crippen LogP contribution in [-0.4, -0.2) is 27.1 Å². The van der Waals surface area contributed by atoms with Gasteiger partial charge < -0.3 is 20.5 Å². The predicted octanol–water partition coefficient (Wildman–Crippen LogP) is 5.89. The number of rotatable bonds is 16. The van der Waals surface area contributed by atoms with Gasteiger partial charge in [-0.1, -0.05) is 94.2 Å². The van der Waals surface area contributed by atoms with Crippen molar-refractivity contribution in [3.63, 3.8) is 0 Å². The van der Waals surface area contributed by atoms with Crippen LogP contribution in [0.5, 0.6) is 5.88 Å². The first kappa shape index (κ1) is 24.5. The number of pyridine rings is 1. The molecule has 2 heterocycles. The van der Waals surface area contributed by atoms with E-state index in [0.717, 1.165) is 37.1 Å². The molecule has 0 radical (unpaired) electrons. The fourth-order valence-electron chi connectivity index (χ4n) is 3.81. The van der Waals surface area contributed by atoms with Crippen molar-refractivity contribution >= 4 is 11.8 Å². The molecule has 31 heavy (non-hydrogen) atoms. The number of hydrogen-bond donors (Lipinski definition) is 2. The van der Waals surface area contributed by atoms with Crippen molar-refractivity contribution in [2.75, 3.05) is 0 Å². The zero-order chi connectivity index (χ0) is 22.3. The van der Waals surface area contributed by atoms with Crippen LogP contribution in [0.1, 0.15) is 70.3 Å². The topological polar surface area (TPSA) is 103 Å². The summed E-state index contributed by atoms with van der Waals surface area (Å²) < 4.78 is 0. The van der Waals surface area contributed by atoms with Crippen LogP contribution in [-0.2, 0) is 11.2 Å². The molecule has 0 bridgehead atoms. The van der Waals surface area contributed by atoms with Crippen LogP contribution >= 0.6 is 0 Å². The van der Waals surface area contributed by atoms with Crippen LogP contribution in [0.3, 0.4) is 0 Å². The summed E-state index contributed by atoms with van der Waals surface area (Å²) in [6.07, 6.45) is 17.6. The van der Waals surface area contributed by atoms with Gasteiger partial charge in [0.05, 0.1) is 0 Å². The number of aromatic nitrogens is 2. The van der Waals surface area contributed by atoms with Crippen LogP contribution in [0.2, 0.25) is 0 Å². The molecule has 2 atom stereocenters. The van der Waals surface area contributed by atoms with E-state index in [1.807, 2.05) is 24.4 Å². The number of nitrogens with one attached hydrogen (secondary N) is 1. The number of unbranched alkanes of at least 4 members (excludes halogenated alkanes) is 5. The Hall–Kier alpha value is -2.76. The number of carboxylic acid groups (broad SMARTS) is 1. The van der Waals surface area contributed by atoms with E-state index in [0.29, 0.717) is 5.92 Å². The molecule has 2 aromatic rings. The van der Waals surface area contributed by atoms with E-state index in [9.17, 15) is 9.90 Å². The zero-order valence-corrected chi connectivity index (χ0v) is 18.5. The highest BCUT2D eigenvalue weighted by atomic mass is 16.4. The van der Waals surface area contributed by atoms with Gasteiger partial charge in [-0.2, -0.15) is 0 Å². The quantitative estimate of drug-likeness (QED) is 0.258. The Morgan fingerprint density at radius 3 is 2.65 bits per heavy atom. The van der Waals surface area contributed by atoms with Crippen molar-refractivity contribution in [1.82, 2.24) is 9.97 Å². The van der Waals surface area contributed by atoms with E-state index in [-0.39, 0.29) is 11.9 Å². The van der Waals surface area contributed by atoms with E-state index in [4.69, 9.17) is 5.11 Å². The van der Waals surface area contributed by atoms with Gasteiger partial charge in [-0.15, -0.1) is 0 Å². The molecule has 170 valence electrons. The van der Waals surface area contributed by atoms with Gasteiger partial charge in [0, 0.05) is 12.3 Å². The minimum absolute atomic E-state index is 0.191. The normalized spacial score (nSPS) is 13.3. The highest BCUT2D eigenvalue weighted by Gasteiger charge is 2.12. The molecule has 0 aromatic carbocycles. The van der Waals surface area contributed by atoms with Gasteiger partial charge in [-0.25, -0.2) is 4.79 Å². The Morgan fingerprint density at radius 1 is 1.16 bits per heavy atom. The van der Waals surface area contributed by atoms with E-state index in [1.165, 1.54) is 50.7 Å². The Morgan fingerprint density at radius 2 is 1.97 bits per heavy atom. The Kier molecular flexibility index (Phi) is 11.3. The number of carbonyl (C=O) groups is 1. The number of hydrogen-bond acceptors (Lipinski definition) is 3. The maximum atomic E-state index is 11.3. The highest BCUT2D eigenvalue weighted by Crippen LogP contribution is 2.27. The largest absolute Gasteiger partial charge is 0.859 e. The van der Waals surface area contributed by atoms with Crippen LogP contribution in [0.25, 0.3) is 5.32 Å². The SMILES string of the molecule is CCCCCCCC[C@H](CC[C@H](/C=C/C(=O)O)[N-]c1ccc[nH]1)Cc1ccc([O-])nc1. The van der Waals surface area contributed by atoms with E-state index >= 15 is 0 Å². The van der Waals surface area contributed by atoms with Gasteiger partial charge in [0.2, 0.25) is 0 Å². The molecular weight excluding hydrogens is 390 g/mol. The fourth-order valence-corrected chi connectivity index (χ4v) is 3.81. The third kappa shape index (κ3) is 10.7. The first-order valence-corrected chi connectivity index (χ1v) is 11.4. The molecule has 0 amide bonds. The molecular formula is C25H35N3O3-2. The van der Waals surface area contributed by atoms with Crippen LogP contribution in [0.4, 0.5) is 5.82 Å². The summed E-state index contributed by atoms with van der Waals surface area (Å²) in [5.41, 5.74) is 1.08. The molecule has 0 unspecified atom stereocenters. The molecule has 6 heteroatoms. The van der Waals surface area contributed by atoms with Crippen LogP contribution in [0.15, 0.2) is 48.8 Å². The third-order valence-electron chi connectivity index (χ3n) is 5.51. The molecule has 0 aliphatic carbocycles. The van der Waals surface area contributed by atoms with Gasteiger partial charge in [0.1, 0.15) is 0 Å². The number of H-pyrrole nitrogens is 1. The second kappa shape index (κ2) is 14.3. The maximum absolute atomic E-state index is 11.3. The lowest BCUT2D eigenvalue weighted by Crippen LogP contribution is -2.11. The second-order valence-electron chi connectivity index (χ2n) is 8.16. The standard InChI is InChI=1S/C25H36N3O3/c1-2-3-4-5-6-7-9-20(18-21-12-15-24(29)27-19-21)11-13-22(14-16-25(30)31)28-23-10-8-17-26-23/h8,10,12,14-17,19-20,22,26H,2-7,9,11,13,18H2,1H3,(H,27,29)(H,30,31)/q-1/p-1/b16-14+/t20-,22-/m1/s1. The highest BCUT2D eigenvalue weighted by molar-refractivity contribution is 5.80. The molecule has 0 saturated carbocycles. The summed E-state index contributed by atoms with van der Waals surface area (Å²) in [5, 5.41) is 25.0. The van der Waals surface area contributed by atoms with Gasteiger partial charge in [0.15, 0.2) is 0 Å². The molecule has 0 fully saturated rings. The first-order chi connectivity index (χ1) is 15.1. The van der Waals surface area contributed by atoms with E-state index in [1.54, 1.807) is 12.3 Å². The van der Waals surface area contributed by atoms with Gasteiger partial charge in [0.25, 0.3) is 0 Å². The van der Waals surface area contributed by atoms with Crippen molar-refractivity contribution in [3.05, 3.63) is 59.7 Å². The molecule has 0 saturated heterocycles. The molecule has 0 aliphatic rings. The molecule has 0 spiro atoms. The first-order valence-electron chi connectivity index (χ1n) is 11.4. The van der Waals surface area contributed by atoms with Crippen molar-refractivity contribution in [2.45, 2.75) is 77.2 Å². The lowest BCUT2D eigenvalue weighted by molar-refractivity contribution is -0.275. The van der Waals surface area contributed by atoms with Gasteiger partial charge >= 0.3 is 5.97 Å². The van der Waals surface area contributed by atoms with Crippen LogP contribution in [0, 0.1) is 5.92 Å². The van der Waals surface area contributed by atoms with Gasteiger partial charge in [-0.3, -0.25) is 4.98 Å². The number of aromatic amines is 1. The fraction of sp³-hybridized carbons (Fsp3) is 0.520. The van der Waals surface area contributed by atoms with Crippen molar-refractivity contribution in [1.29, 1.82) is 0 Å². The summed E-state index contributed by atoms with van der Waals surface area (Å²) in [6.45, 7) is 2.23. The molecule has 0 aliphatic heterocycles. The molecule has 2 rings (SSSR count). The summed E-state index contributed by atoms with van der Waals surface area (Å²) in [6, 6.07) is 6.96. The van der Waals surface area contributed by atoms with E-state index < -0.39 is 5.97 Å². The monoisotopic (exact) mass is 425 g/mol. The Bertz CT molecular complexity index is 757. The van der Waals surface area contributed by atoms with Crippen molar-refractivity contribution in [3.8, 4) is 5.88 Å². The third-order valence-corrected chi connectivity index (χ3v) is 5.51. The molecule has 2 aromatic heterocycles. The lowest BCUT2D eigenvalue weighted by Gasteiger charge is -2.25. The van der Waals surface area contributed by atoms with Crippen LogP contribution < -0.4 is 5.11 Å². The Balaban J connectivity index is 1.94. The van der Waals surface area contributed by atoms with Crippen molar-refractivity contribution in [2.24, 2.45) is 5.92 Å². The summed E-state index contributed by atoms with van der Waals surface area (Å²) in [7, 11) is 0. The summed E-state index contributed by atoms with van der Waals surface area (Å²) in [5.74, 6) is 0.0340. The average molecular weight is 426 g/mol. The van der Waals surface area contributed by atoms with Gasteiger partial charge in [-0.05, 0) is 42.7 Å². The van der Waals surface area contributed by atoms with E-state index in [2.05, 4.69) is 22.2 Å². The average Bonchev–Trinajstić information content (AvgIpc) is 3.26. The minimum atomic E-state index is -0.959. The zero-order valence-electron chi connectivity index (χ0n) is 18.5. The smallest absolute Gasteiger partial charge is 0.327 e. The molecule has 6 nitrogen and oxygen atoms in total. The number of nitrogens with zero attached hydrogens (tertiary/aromatic N) is 2. The number of carboxylic acids is 1. The molecule has 2 N–H and O–H groups in total. The van der Waals surface area contributed by atoms with Crippen molar-refractivity contribution < 1.29 is 15.0 Å². The second-order valence-corrected chi connectivity index (χ2v) is 8.16. The predicted molar refractivity (Wildman–Crippen MR) is 122 cm³/mol. The lowest BCUT2D eigenvalue weighted by atomic mass is 9.88.